The Bertz CT molecular complexity index is 3350. The molecule has 8 aromatic rings. The number of nitrogens with zero attached hydrogens (tertiary/aromatic N) is 2. The normalized spacial score (nSPS) is 12.1. The largest absolute Gasteiger partial charge is 0.511 e. The van der Waals surface area contributed by atoms with Gasteiger partial charge in [-0.05, 0) is 132 Å². The van der Waals surface area contributed by atoms with Crippen molar-refractivity contribution in [3.8, 4) is 22.5 Å². The van der Waals surface area contributed by atoms with Crippen molar-refractivity contribution in [3.63, 3.8) is 0 Å². The Kier molecular flexibility index (Phi) is 23.6. The molecule has 2 radical (unpaired) electrons. The van der Waals surface area contributed by atoms with Crippen LogP contribution >= 0.6 is 0 Å². The molecule has 0 atom stereocenters. The first kappa shape index (κ1) is 65.6. The van der Waals surface area contributed by atoms with Gasteiger partial charge in [0, 0.05) is 63.4 Å². The van der Waals surface area contributed by atoms with Crippen LogP contribution in [0.2, 0.25) is 0 Å². The Morgan fingerprint density at radius 2 is 0.922 bits per heavy atom. The van der Waals surface area contributed by atoms with Crippen molar-refractivity contribution >= 4 is 54.7 Å². The molecule has 0 unspecified atom stereocenters. The van der Waals surface area contributed by atoms with Gasteiger partial charge in [-0.15, -0.1) is 69.8 Å². The monoisotopic (exact) mass is 1390 g/mol. The van der Waals surface area contributed by atoms with Crippen LogP contribution in [0.15, 0.2) is 139 Å². The Morgan fingerprint density at radius 1 is 0.494 bits per heavy atom. The minimum atomic E-state index is -0.306. The summed E-state index contributed by atoms with van der Waals surface area (Å²) in [6.45, 7) is 32.0. The number of pyridine rings is 2. The van der Waals surface area contributed by atoms with E-state index in [1.165, 1.54) is 44.8 Å². The smallest absolute Gasteiger partial charge is 0.325 e. The molecule has 9 heteroatoms. The minimum absolute atomic E-state index is 0. The van der Waals surface area contributed by atoms with E-state index in [4.69, 9.17) is 0 Å². The fraction of sp³-hybridized carbons (Fsp3) is 0.353. The van der Waals surface area contributed by atoms with Crippen LogP contribution < -0.4 is 0 Å². The number of fused-ring (bicyclic) bond motifs is 6. The standard InChI is InChI=1S/C21H15FN.C21H16N.C15H28O2.C11H20O2.2Ir/c1-13-9-14(2)11-16(10-13)21-19-6-4-15-3-5-17(22)12-20(15)18(19)7-8-23-21;1-14-11-15(2)13-17(12-14)21-20-8-7-16-5-3-4-6-18(16)19(20)9-10-22-21;1-7-14(5,8-2)12(16)11-13(17)15(6,9-3)10-4;1-10(2,3)8(12)7-9(13)11(4,5)6;;/h3-10,12H,1-2H3;3-12H,1-2H3;11,16H,7-10H2,1-6H3;7,12H,1-6H3;;/q2*-1;;;;/p+2. The Labute approximate surface area is 485 Å². The van der Waals surface area contributed by atoms with Crippen molar-refractivity contribution in [1.82, 2.24) is 9.97 Å². The molecule has 8 rings (SSSR count). The van der Waals surface area contributed by atoms with Crippen molar-refractivity contribution in [2.75, 3.05) is 0 Å². The second kappa shape index (κ2) is 27.8. The number of benzene rings is 6. The van der Waals surface area contributed by atoms with E-state index in [-0.39, 0.29) is 79.2 Å². The molecule has 0 aliphatic heterocycles. The molecule has 77 heavy (non-hydrogen) atoms. The molecular weight excluding hydrogens is 1310 g/mol. The van der Waals surface area contributed by atoms with Crippen LogP contribution in [0, 0.1) is 67.3 Å². The molecule has 0 fully saturated rings. The average molecular weight is 1390 g/mol. The van der Waals surface area contributed by atoms with E-state index in [0.717, 1.165) is 80.9 Å². The van der Waals surface area contributed by atoms with Gasteiger partial charge in [-0.3, -0.25) is 9.59 Å². The van der Waals surface area contributed by atoms with Crippen molar-refractivity contribution in [3.05, 3.63) is 179 Å². The first-order chi connectivity index (χ1) is 35.2. The van der Waals surface area contributed by atoms with Crippen LogP contribution in [-0.4, -0.2) is 41.3 Å². The third-order valence-corrected chi connectivity index (χ3v) is 14.6. The first-order valence-electron chi connectivity index (χ1n) is 26.4. The number of carbonyl (C=O) groups excluding carboxylic acids is 2. The Morgan fingerprint density at radius 3 is 1.36 bits per heavy atom. The molecule has 0 bridgehead atoms. The maximum atomic E-state index is 13.7. The molecule has 6 nitrogen and oxygen atoms in total. The summed E-state index contributed by atoms with van der Waals surface area (Å²) in [5, 5.41) is 28.7. The zero-order chi connectivity index (χ0) is 55.6. The third kappa shape index (κ3) is 16.7. The molecule has 2 heterocycles. The number of aryl methyl sites for hydroxylation is 4. The molecule has 0 saturated carbocycles. The van der Waals surface area contributed by atoms with Crippen LogP contribution in [0.4, 0.5) is 4.39 Å². The van der Waals surface area contributed by atoms with Gasteiger partial charge < -0.3 is 20.2 Å². The van der Waals surface area contributed by atoms with E-state index in [1.807, 2.05) is 86.7 Å². The molecular formula is C68H81FIr2N2O4. The van der Waals surface area contributed by atoms with Gasteiger partial charge in [0.25, 0.3) is 0 Å². The fourth-order valence-corrected chi connectivity index (χ4v) is 8.63. The summed E-state index contributed by atoms with van der Waals surface area (Å²) < 4.78 is 13.7. The predicted molar refractivity (Wildman–Crippen MR) is 318 cm³/mol. The zero-order valence-corrected chi connectivity index (χ0v) is 53.0. The van der Waals surface area contributed by atoms with Crippen LogP contribution in [-0.2, 0) is 40.2 Å². The van der Waals surface area contributed by atoms with E-state index in [9.17, 15) is 24.2 Å². The molecule has 0 aliphatic carbocycles. The molecule has 6 aromatic carbocycles. The number of ketones is 2. The topological polar surface area (TPSA) is 109 Å². The van der Waals surface area contributed by atoms with Crippen molar-refractivity contribution in [1.29, 1.82) is 0 Å². The number of allylic oxidation sites excluding steroid dienone is 4. The maximum absolute atomic E-state index is 13.7. The van der Waals surface area contributed by atoms with E-state index in [2.05, 4.69) is 143 Å². The second-order valence-corrected chi connectivity index (χ2v) is 22.6. The van der Waals surface area contributed by atoms with Gasteiger partial charge in [0.2, 0.25) is 0 Å². The molecule has 0 spiro atoms. The maximum Gasteiger partial charge on any atom is 0.325 e. The van der Waals surface area contributed by atoms with Crippen LogP contribution in [0.25, 0.3) is 65.6 Å². The SMILES string of the molecule is CC(C)(C)C(=[OH+])C=C(O)C(C)(C)C.CCC(C)(CC)C(=[OH+])C=C(O)C(C)(CC)CC.Cc1[c-]c(-c2nccc3c2ccc2ccc(F)cc23)cc(C)c1.Cc1[c-]c(-c2nccc3c2ccc2ccccc23)cc(C)c1.[Ir].[Ir]. The average Bonchev–Trinajstić information content (AvgIpc) is 3.37. The van der Waals surface area contributed by atoms with Crippen LogP contribution in [0.1, 0.15) is 131 Å². The number of hydrogen-bond donors (Lipinski definition) is 2. The summed E-state index contributed by atoms with van der Waals surface area (Å²) in [6, 6.07) is 41.2. The molecule has 0 aliphatic rings. The quantitative estimate of drug-likeness (QED) is 0.0467. The molecule has 4 N–H and O–H groups in total. The van der Waals surface area contributed by atoms with Gasteiger partial charge in [-0.25, -0.2) is 4.39 Å². The number of aliphatic hydroxyl groups excluding tert-OH is 2. The molecule has 2 aromatic heterocycles. The van der Waals surface area contributed by atoms with Gasteiger partial charge in [0.15, 0.2) is 0 Å². The minimum Gasteiger partial charge on any atom is -0.511 e. The van der Waals surface area contributed by atoms with E-state index in [0.29, 0.717) is 11.5 Å². The Balaban J connectivity index is 0.000000275. The molecule has 0 amide bonds. The van der Waals surface area contributed by atoms with Crippen LogP contribution in [0.3, 0.4) is 0 Å². The first-order valence-corrected chi connectivity index (χ1v) is 26.4. The second-order valence-electron chi connectivity index (χ2n) is 22.6. The van der Waals surface area contributed by atoms with E-state index < -0.39 is 0 Å². The van der Waals surface area contributed by atoms with Gasteiger partial charge in [-0.2, -0.15) is 0 Å². The fourth-order valence-electron chi connectivity index (χ4n) is 8.63. The van der Waals surface area contributed by atoms with E-state index in [1.54, 1.807) is 18.3 Å². The number of hydrogen-bond acceptors (Lipinski definition) is 4. The van der Waals surface area contributed by atoms with Gasteiger partial charge in [0.05, 0.1) is 23.0 Å². The predicted octanol–water partition coefficient (Wildman–Crippen LogP) is 18.8. The summed E-state index contributed by atoms with van der Waals surface area (Å²) in [5.41, 5.74) is 7.54. The van der Waals surface area contributed by atoms with Crippen molar-refractivity contribution in [2.24, 2.45) is 21.7 Å². The summed E-state index contributed by atoms with van der Waals surface area (Å²) >= 11 is 0. The van der Waals surface area contributed by atoms with E-state index >= 15 is 0 Å². The number of aliphatic hydroxyl groups is 2. The molecule has 412 valence electrons. The van der Waals surface area contributed by atoms with Gasteiger partial charge in [-0.1, -0.05) is 138 Å². The summed E-state index contributed by atoms with van der Waals surface area (Å²) in [4.78, 5) is 29.0. The Hall–Kier alpha value is -5.69. The summed E-state index contributed by atoms with van der Waals surface area (Å²) in [7, 11) is 0. The van der Waals surface area contributed by atoms with Gasteiger partial charge >= 0.3 is 11.6 Å². The van der Waals surface area contributed by atoms with Gasteiger partial charge in [0.1, 0.15) is 17.3 Å². The van der Waals surface area contributed by atoms with Crippen molar-refractivity contribution < 1.29 is 64.4 Å². The zero-order valence-electron chi connectivity index (χ0n) is 48.2. The summed E-state index contributed by atoms with van der Waals surface area (Å²) in [5.74, 6) is 0.794. The van der Waals surface area contributed by atoms with Crippen LogP contribution in [0.5, 0.6) is 0 Å². The number of rotatable bonds is 10. The third-order valence-electron chi connectivity index (χ3n) is 14.6. The van der Waals surface area contributed by atoms with Crippen molar-refractivity contribution in [2.45, 2.75) is 136 Å². The summed E-state index contributed by atoms with van der Waals surface area (Å²) in [6.07, 6.45) is 10.2. The number of aromatic nitrogens is 2. The number of halogens is 1. The molecule has 0 saturated heterocycles.